The summed E-state index contributed by atoms with van der Waals surface area (Å²) in [6.07, 6.45) is 1.58. The highest BCUT2D eigenvalue weighted by Crippen LogP contribution is 2.29. The number of amides is 1. The van der Waals surface area contributed by atoms with E-state index < -0.39 is 5.91 Å². The highest BCUT2D eigenvalue weighted by molar-refractivity contribution is 5.99. The van der Waals surface area contributed by atoms with Gasteiger partial charge in [-0.1, -0.05) is 17.3 Å². The summed E-state index contributed by atoms with van der Waals surface area (Å²) in [5.74, 6) is 0.818. The Balaban J connectivity index is 1.61. The van der Waals surface area contributed by atoms with Gasteiger partial charge in [-0.05, 0) is 66.1 Å². The van der Waals surface area contributed by atoms with E-state index in [2.05, 4.69) is 35.8 Å². The molecule has 0 spiro atoms. The third kappa shape index (κ3) is 4.85. The van der Waals surface area contributed by atoms with E-state index in [0.29, 0.717) is 17.0 Å². The molecule has 34 heavy (non-hydrogen) atoms. The van der Waals surface area contributed by atoms with Crippen LogP contribution in [0.1, 0.15) is 29.9 Å². The number of benzene rings is 2. The molecule has 2 aromatic carbocycles. The van der Waals surface area contributed by atoms with Crippen molar-refractivity contribution in [1.82, 2.24) is 30.7 Å². The van der Waals surface area contributed by atoms with Gasteiger partial charge in [-0.15, -0.1) is 5.10 Å². The minimum absolute atomic E-state index is 0.00603. The van der Waals surface area contributed by atoms with Gasteiger partial charge in [0.05, 0.1) is 19.4 Å². The molecule has 0 saturated heterocycles. The van der Waals surface area contributed by atoms with Crippen molar-refractivity contribution in [3.05, 3.63) is 59.8 Å². The minimum Gasteiger partial charge on any atom is -0.497 e. The first-order valence-electron chi connectivity index (χ1n) is 10.2. The number of rotatable bonds is 8. The molecule has 0 unspecified atom stereocenters. The monoisotopic (exact) mass is 462 g/mol. The molecule has 0 atom stereocenters. The van der Waals surface area contributed by atoms with Crippen LogP contribution in [0.3, 0.4) is 0 Å². The number of hydrazone groups is 1. The van der Waals surface area contributed by atoms with Gasteiger partial charge in [-0.3, -0.25) is 4.79 Å². The molecule has 0 fully saturated rings. The van der Waals surface area contributed by atoms with Crippen molar-refractivity contribution in [2.45, 2.75) is 20.0 Å². The molecule has 0 bridgehead atoms. The number of nitrogens with two attached hydrogens (primary N) is 1. The summed E-state index contributed by atoms with van der Waals surface area (Å²) in [6, 6.07) is 14.3. The van der Waals surface area contributed by atoms with E-state index in [4.69, 9.17) is 15.2 Å². The Bertz CT molecular complexity index is 1310. The minimum atomic E-state index is -0.588. The molecule has 0 aliphatic rings. The van der Waals surface area contributed by atoms with Crippen LogP contribution in [0.4, 0.5) is 5.82 Å². The molecule has 0 aliphatic carbocycles. The number of ether oxygens (including phenoxy) is 2. The summed E-state index contributed by atoms with van der Waals surface area (Å²) >= 11 is 0. The normalized spacial score (nSPS) is 11.2. The molecule has 0 radical (unpaired) electrons. The molecule has 2 aromatic heterocycles. The van der Waals surface area contributed by atoms with Crippen molar-refractivity contribution in [3.63, 3.8) is 0 Å². The van der Waals surface area contributed by atoms with Crippen molar-refractivity contribution < 1.29 is 18.9 Å². The van der Waals surface area contributed by atoms with Gasteiger partial charge < -0.3 is 15.2 Å². The summed E-state index contributed by atoms with van der Waals surface area (Å²) in [5.41, 5.74) is 9.96. The fourth-order valence-corrected chi connectivity index (χ4v) is 3.07. The number of aromatic nitrogens is 5. The average molecular weight is 462 g/mol. The van der Waals surface area contributed by atoms with Crippen molar-refractivity contribution >= 4 is 17.9 Å². The molecule has 12 nitrogen and oxygen atoms in total. The smallest absolute Gasteiger partial charge is 0.294 e. The maximum Gasteiger partial charge on any atom is 0.294 e. The summed E-state index contributed by atoms with van der Waals surface area (Å²) in [6.45, 7) is 3.91. The number of carbonyl (C=O) groups excluding carboxylic acids is 1. The standard InChI is InChI=1S/C22H22N8O4/c1-13(2)33-16-9-7-14(8-10-16)12-24-26-22(31)18-19(15-5-4-6-17(11-15)32-3)30(29-25-18)21-20(23)27-34-28-21/h4-13H,1-3H3,(H2,23,27)(H,26,31). The molecule has 2 heterocycles. The van der Waals surface area contributed by atoms with Crippen LogP contribution in [0, 0.1) is 0 Å². The van der Waals surface area contributed by atoms with E-state index in [0.717, 1.165) is 11.3 Å². The number of anilines is 1. The molecule has 0 saturated carbocycles. The molecular weight excluding hydrogens is 440 g/mol. The molecular formula is C22H22N8O4. The molecule has 4 rings (SSSR count). The Morgan fingerprint density at radius 2 is 1.97 bits per heavy atom. The van der Waals surface area contributed by atoms with E-state index in [-0.39, 0.29) is 23.4 Å². The van der Waals surface area contributed by atoms with E-state index in [1.54, 1.807) is 24.3 Å². The lowest BCUT2D eigenvalue weighted by molar-refractivity contribution is 0.0950. The van der Waals surface area contributed by atoms with Gasteiger partial charge in [0.15, 0.2) is 5.69 Å². The number of hydrogen-bond acceptors (Lipinski definition) is 10. The van der Waals surface area contributed by atoms with Crippen LogP contribution in [-0.4, -0.2) is 50.6 Å². The van der Waals surface area contributed by atoms with Gasteiger partial charge in [0.1, 0.15) is 17.2 Å². The zero-order valence-electron chi connectivity index (χ0n) is 18.7. The van der Waals surface area contributed by atoms with Crippen LogP contribution in [0.15, 0.2) is 58.3 Å². The Morgan fingerprint density at radius 3 is 2.65 bits per heavy atom. The molecule has 0 aliphatic heterocycles. The van der Waals surface area contributed by atoms with Gasteiger partial charge in [0.2, 0.25) is 11.6 Å². The van der Waals surface area contributed by atoms with Gasteiger partial charge in [0, 0.05) is 5.56 Å². The second kappa shape index (κ2) is 9.81. The van der Waals surface area contributed by atoms with Crippen molar-refractivity contribution in [1.29, 1.82) is 0 Å². The van der Waals surface area contributed by atoms with Gasteiger partial charge in [0.25, 0.3) is 5.91 Å². The molecule has 1 amide bonds. The predicted molar refractivity (Wildman–Crippen MR) is 123 cm³/mol. The van der Waals surface area contributed by atoms with Crippen molar-refractivity contribution in [2.24, 2.45) is 5.10 Å². The van der Waals surface area contributed by atoms with Crippen molar-refractivity contribution in [3.8, 4) is 28.6 Å². The van der Waals surface area contributed by atoms with Crippen molar-refractivity contribution in [2.75, 3.05) is 12.8 Å². The Morgan fingerprint density at radius 1 is 1.18 bits per heavy atom. The van der Waals surface area contributed by atoms with E-state index in [1.165, 1.54) is 18.0 Å². The molecule has 3 N–H and O–H groups in total. The van der Waals surface area contributed by atoms with Gasteiger partial charge >= 0.3 is 0 Å². The van der Waals surface area contributed by atoms with E-state index >= 15 is 0 Å². The summed E-state index contributed by atoms with van der Waals surface area (Å²) in [5, 5.41) is 19.4. The topological polar surface area (TPSA) is 156 Å². The fourth-order valence-electron chi connectivity index (χ4n) is 3.07. The number of hydrogen-bond donors (Lipinski definition) is 2. The maximum absolute atomic E-state index is 12.9. The van der Waals surface area contributed by atoms with Crippen LogP contribution in [0.2, 0.25) is 0 Å². The fraction of sp³-hybridized carbons (Fsp3) is 0.182. The summed E-state index contributed by atoms with van der Waals surface area (Å²) < 4.78 is 16.9. The number of carbonyl (C=O) groups is 1. The van der Waals surface area contributed by atoms with E-state index in [9.17, 15) is 4.79 Å². The maximum atomic E-state index is 12.9. The van der Waals surface area contributed by atoms with Crippen LogP contribution < -0.4 is 20.6 Å². The molecule has 4 aromatic rings. The Kier molecular flexibility index (Phi) is 6.48. The predicted octanol–water partition coefficient (Wildman–Crippen LogP) is 2.46. The third-order valence-electron chi connectivity index (χ3n) is 4.56. The van der Waals surface area contributed by atoms with Gasteiger partial charge in [-0.2, -0.15) is 9.78 Å². The second-order valence-electron chi connectivity index (χ2n) is 7.34. The molecule has 174 valence electrons. The first kappa shape index (κ1) is 22.5. The highest BCUT2D eigenvalue weighted by atomic mass is 16.6. The third-order valence-corrected chi connectivity index (χ3v) is 4.56. The molecule has 12 heteroatoms. The zero-order chi connectivity index (χ0) is 24.1. The van der Waals surface area contributed by atoms with Crippen LogP contribution in [0.25, 0.3) is 17.1 Å². The van der Waals surface area contributed by atoms with Crippen LogP contribution >= 0.6 is 0 Å². The quantitative estimate of drug-likeness (QED) is 0.296. The SMILES string of the molecule is COc1cccc(-c2c(C(=O)NN=Cc3ccc(OC(C)C)cc3)nnn2-c2nonc2N)c1. The van der Waals surface area contributed by atoms with Crippen LogP contribution in [-0.2, 0) is 0 Å². The number of methoxy groups -OCH3 is 1. The van der Waals surface area contributed by atoms with E-state index in [1.807, 2.05) is 38.1 Å². The number of nitrogen functional groups attached to an aromatic ring is 1. The lowest BCUT2D eigenvalue weighted by Crippen LogP contribution is -2.19. The van der Waals surface area contributed by atoms with Crippen LogP contribution in [0.5, 0.6) is 11.5 Å². The Hall–Kier alpha value is -4.74. The average Bonchev–Trinajstić information content (AvgIpc) is 3.45. The summed E-state index contributed by atoms with van der Waals surface area (Å²) in [4.78, 5) is 12.9. The largest absolute Gasteiger partial charge is 0.497 e. The Labute approximate surface area is 194 Å². The zero-order valence-corrected chi connectivity index (χ0v) is 18.7. The second-order valence-corrected chi connectivity index (χ2v) is 7.34. The number of nitrogens with one attached hydrogen (secondary N) is 1. The highest BCUT2D eigenvalue weighted by Gasteiger charge is 2.25. The lowest BCUT2D eigenvalue weighted by atomic mass is 10.1. The first-order chi connectivity index (χ1) is 16.5. The number of nitrogens with zero attached hydrogens (tertiary/aromatic N) is 6. The lowest BCUT2D eigenvalue weighted by Gasteiger charge is -2.09. The summed E-state index contributed by atoms with van der Waals surface area (Å²) in [7, 11) is 1.54. The van der Waals surface area contributed by atoms with Gasteiger partial charge in [-0.25, -0.2) is 10.1 Å². The first-order valence-corrected chi connectivity index (χ1v) is 10.2.